The highest BCUT2D eigenvalue weighted by molar-refractivity contribution is 5.86. The number of carboxylic acids is 1. The van der Waals surface area contributed by atoms with E-state index in [-0.39, 0.29) is 13.0 Å². The number of hydrogen-bond donors (Lipinski definition) is 2. The quantitative estimate of drug-likeness (QED) is 0.878. The number of aliphatic carboxylic acids is 1. The van der Waals surface area contributed by atoms with Crippen molar-refractivity contribution in [2.45, 2.75) is 25.4 Å². The number of amides is 2. The molecule has 6 heteroatoms. The van der Waals surface area contributed by atoms with Crippen molar-refractivity contribution in [1.29, 1.82) is 0 Å². The Bertz CT molecular complexity index is 538. The van der Waals surface area contributed by atoms with Gasteiger partial charge in [-0.2, -0.15) is 0 Å². The van der Waals surface area contributed by atoms with E-state index in [9.17, 15) is 14.7 Å². The van der Waals surface area contributed by atoms with Gasteiger partial charge in [-0.1, -0.05) is 29.8 Å². The molecule has 1 heterocycles. The Balaban J connectivity index is 2.01. The van der Waals surface area contributed by atoms with Crippen LogP contribution < -0.4 is 5.32 Å². The summed E-state index contributed by atoms with van der Waals surface area (Å²) >= 11 is 0. The maximum Gasteiger partial charge on any atom is 0.332 e. The first-order valence-corrected chi connectivity index (χ1v) is 6.83. The third kappa shape index (κ3) is 3.52. The molecule has 0 spiro atoms. The average Bonchev–Trinajstić information content (AvgIpc) is 2.88. The third-order valence-corrected chi connectivity index (χ3v) is 3.63. The number of carbonyl (C=O) groups is 2. The Hall–Kier alpha value is -2.08. The second-order valence-corrected chi connectivity index (χ2v) is 5.47. The molecule has 1 aromatic rings. The van der Waals surface area contributed by atoms with E-state index in [4.69, 9.17) is 4.74 Å². The van der Waals surface area contributed by atoms with Gasteiger partial charge in [-0.05, 0) is 12.5 Å². The third-order valence-electron chi connectivity index (χ3n) is 3.63. The zero-order valence-electron chi connectivity index (χ0n) is 12.3. The van der Waals surface area contributed by atoms with E-state index >= 15 is 0 Å². The number of rotatable bonds is 4. The lowest BCUT2D eigenvalue weighted by atomic mass is 9.99. The molecule has 1 aliphatic heterocycles. The van der Waals surface area contributed by atoms with Gasteiger partial charge in [-0.15, -0.1) is 0 Å². The van der Waals surface area contributed by atoms with Gasteiger partial charge in [0.15, 0.2) is 5.54 Å². The van der Waals surface area contributed by atoms with Gasteiger partial charge in [0.05, 0.1) is 6.61 Å². The molecule has 1 fully saturated rings. The van der Waals surface area contributed by atoms with Gasteiger partial charge in [0, 0.05) is 26.6 Å². The monoisotopic (exact) mass is 292 g/mol. The van der Waals surface area contributed by atoms with Crippen LogP contribution in [0.3, 0.4) is 0 Å². The summed E-state index contributed by atoms with van der Waals surface area (Å²) < 4.78 is 5.12. The maximum absolute atomic E-state index is 12.2. The number of nitrogens with zero attached hydrogens (tertiary/aromatic N) is 1. The van der Waals surface area contributed by atoms with Crippen LogP contribution in [0.1, 0.15) is 17.5 Å². The van der Waals surface area contributed by atoms with Gasteiger partial charge in [0.1, 0.15) is 0 Å². The second-order valence-electron chi connectivity index (χ2n) is 5.47. The van der Waals surface area contributed by atoms with Crippen LogP contribution >= 0.6 is 0 Å². The highest BCUT2D eigenvalue weighted by Gasteiger charge is 2.44. The van der Waals surface area contributed by atoms with Crippen LogP contribution in [-0.2, 0) is 16.1 Å². The predicted octanol–water partition coefficient (Wildman–Crippen LogP) is 1.38. The van der Waals surface area contributed by atoms with Crippen molar-refractivity contribution in [1.82, 2.24) is 10.2 Å². The molecule has 1 saturated heterocycles. The van der Waals surface area contributed by atoms with Gasteiger partial charge >= 0.3 is 12.0 Å². The number of carboxylic acid groups (broad SMARTS) is 1. The molecule has 1 aromatic carbocycles. The van der Waals surface area contributed by atoms with Crippen LogP contribution in [-0.4, -0.2) is 47.8 Å². The molecular weight excluding hydrogens is 272 g/mol. The molecule has 2 amide bonds. The number of hydrogen-bond acceptors (Lipinski definition) is 3. The fourth-order valence-corrected chi connectivity index (χ4v) is 2.34. The van der Waals surface area contributed by atoms with Gasteiger partial charge < -0.3 is 20.1 Å². The van der Waals surface area contributed by atoms with Crippen molar-refractivity contribution in [3.63, 3.8) is 0 Å². The first-order valence-electron chi connectivity index (χ1n) is 6.83. The molecule has 114 valence electrons. The lowest BCUT2D eigenvalue weighted by Gasteiger charge is -2.27. The molecule has 1 aliphatic rings. The van der Waals surface area contributed by atoms with Crippen LogP contribution in [0.4, 0.5) is 4.79 Å². The standard InChI is InChI=1S/C15H20N2O4/c1-11-4-3-5-12(8-11)9-17(2)14(20)16-15(13(18)19)6-7-21-10-15/h3-5,8H,6-7,9-10H2,1-2H3,(H,16,20)(H,18,19). The summed E-state index contributed by atoms with van der Waals surface area (Å²) in [4.78, 5) is 25.0. The van der Waals surface area contributed by atoms with E-state index in [0.717, 1.165) is 11.1 Å². The summed E-state index contributed by atoms with van der Waals surface area (Å²) in [5.41, 5.74) is 0.810. The lowest BCUT2D eigenvalue weighted by Crippen LogP contribution is -2.57. The van der Waals surface area contributed by atoms with Crippen molar-refractivity contribution in [2.24, 2.45) is 0 Å². The maximum atomic E-state index is 12.2. The van der Waals surface area contributed by atoms with E-state index in [1.54, 1.807) is 7.05 Å². The number of carbonyl (C=O) groups excluding carboxylic acids is 1. The number of ether oxygens (including phenoxy) is 1. The minimum absolute atomic E-state index is 0.00631. The number of urea groups is 1. The molecule has 0 saturated carbocycles. The molecule has 0 aromatic heterocycles. The zero-order chi connectivity index (χ0) is 15.5. The first-order chi connectivity index (χ1) is 9.93. The summed E-state index contributed by atoms with van der Waals surface area (Å²) in [7, 11) is 1.64. The van der Waals surface area contributed by atoms with Crippen molar-refractivity contribution in [3.05, 3.63) is 35.4 Å². The van der Waals surface area contributed by atoms with Crippen LogP contribution in [0.5, 0.6) is 0 Å². The van der Waals surface area contributed by atoms with E-state index in [1.807, 2.05) is 31.2 Å². The predicted molar refractivity (Wildman–Crippen MR) is 77.0 cm³/mol. The smallest absolute Gasteiger partial charge is 0.332 e. The average molecular weight is 292 g/mol. The van der Waals surface area contributed by atoms with E-state index < -0.39 is 17.5 Å². The van der Waals surface area contributed by atoms with Crippen LogP contribution in [0.2, 0.25) is 0 Å². The second kappa shape index (κ2) is 6.13. The molecule has 0 bridgehead atoms. The Morgan fingerprint density at radius 1 is 1.48 bits per heavy atom. The van der Waals surface area contributed by atoms with Crippen LogP contribution in [0.25, 0.3) is 0 Å². The number of nitrogens with one attached hydrogen (secondary N) is 1. The SMILES string of the molecule is Cc1cccc(CN(C)C(=O)NC2(C(=O)O)CCOC2)c1. The molecule has 6 nitrogen and oxygen atoms in total. The summed E-state index contributed by atoms with van der Waals surface area (Å²) in [6.45, 7) is 2.75. The Morgan fingerprint density at radius 2 is 2.24 bits per heavy atom. The summed E-state index contributed by atoms with van der Waals surface area (Å²) in [6.07, 6.45) is 0.284. The Morgan fingerprint density at radius 3 is 2.81 bits per heavy atom. The fraction of sp³-hybridized carbons (Fsp3) is 0.467. The molecule has 1 atom stereocenters. The van der Waals surface area contributed by atoms with E-state index in [2.05, 4.69) is 5.32 Å². The first kappa shape index (κ1) is 15.3. The number of aryl methyl sites for hydroxylation is 1. The van der Waals surface area contributed by atoms with E-state index in [1.165, 1.54) is 4.90 Å². The molecule has 0 aliphatic carbocycles. The molecule has 0 radical (unpaired) electrons. The van der Waals surface area contributed by atoms with E-state index in [0.29, 0.717) is 13.2 Å². The fourth-order valence-electron chi connectivity index (χ4n) is 2.34. The zero-order valence-corrected chi connectivity index (χ0v) is 12.3. The normalized spacial score (nSPS) is 21.0. The molecule has 21 heavy (non-hydrogen) atoms. The van der Waals surface area contributed by atoms with Crippen molar-refractivity contribution in [3.8, 4) is 0 Å². The minimum atomic E-state index is -1.31. The largest absolute Gasteiger partial charge is 0.479 e. The molecule has 2 rings (SSSR count). The van der Waals surface area contributed by atoms with Crippen molar-refractivity contribution >= 4 is 12.0 Å². The Kier molecular flexibility index (Phi) is 4.47. The van der Waals surface area contributed by atoms with Gasteiger partial charge in [-0.25, -0.2) is 9.59 Å². The molecule has 2 N–H and O–H groups in total. The highest BCUT2D eigenvalue weighted by Crippen LogP contribution is 2.19. The number of benzene rings is 1. The minimum Gasteiger partial charge on any atom is -0.479 e. The van der Waals surface area contributed by atoms with Crippen LogP contribution in [0, 0.1) is 6.92 Å². The highest BCUT2D eigenvalue weighted by atomic mass is 16.5. The van der Waals surface area contributed by atoms with Gasteiger partial charge in [0.2, 0.25) is 0 Å². The van der Waals surface area contributed by atoms with Crippen molar-refractivity contribution < 1.29 is 19.4 Å². The van der Waals surface area contributed by atoms with Crippen molar-refractivity contribution in [2.75, 3.05) is 20.3 Å². The molecular formula is C15H20N2O4. The Labute approximate surface area is 123 Å². The summed E-state index contributed by atoms with van der Waals surface area (Å²) in [6, 6.07) is 7.43. The topological polar surface area (TPSA) is 78.9 Å². The van der Waals surface area contributed by atoms with Gasteiger partial charge in [0.25, 0.3) is 0 Å². The lowest BCUT2D eigenvalue weighted by molar-refractivity contribution is -0.144. The van der Waals surface area contributed by atoms with Gasteiger partial charge in [-0.3, -0.25) is 0 Å². The molecule has 1 unspecified atom stereocenters. The summed E-state index contributed by atoms with van der Waals surface area (Å²) in [5, 5.41) is 11.9. The van der Waals surface area contributed by atoms with Crippen LogP contribution in [0.15, 0.2) is 24.3 Å². The summed E-state index contributed by atoms with van der Waals surface area (Å²) in [5.74, 6) is -1.06.